The molecule has 0 aliphatic carbocycles. The van der Waals surface area contributed by atoms with Gasteiger partial charge < -0.3 is 4.90 Å². The lowest BCUT2D eigenvalue weighted by Crippen LogP contribution is -2.48. The number of anilines is 1. The maximum atomic E-state index is 13.0. The van der Waals surface area contributed by atoms with Gasteiger partial charge in [-0.2, -0.15) is 13.1 Å². The molecule has 0 saturated carbocycles. The van der Waals surface area contributed by atoms with Gasteiger partial charge in [0, 0.05) is 36.9 Å². The van der Waals surface area contributed by atoms with Crippen molar-refractivity contribution in [3.05, 3.63) is 47.5 Å². The van der Waals surface area contributed by atoms with Crippen molar-refractivity contribution >= 4 is 50.1 Å². The fraction of sp³-hybridized carbons (Fsp3) is 0.250. The first-order valence-electron chi connectivity index (χ1n) is 7.78. The first-order valence-corrected chi connectivity index (χ1v) is 10.3. The standard InChI is InChI=1S/C16H15ClN4O2S2/c17-12-3-1-4-13(11-12)20-7-9-21(10-8-20)25(22,23)15-6-2-5-14-16(15)19-24-18-14/h1-6,11H,7-10H2. The zero-order valence-corrected chi connectivity index (χ0v) is 15.6. The Balaban J connectivity index is 1.56. The summed E-state index contributed by atoms with van der Waals surface area (Å²) in [6.45, 7) is 2.07. The van der Waals surface area contributed by atoms with E-state index in [0.29, 0.717) is 42.2 Å². The van der Waals surface area contributed by atoms with Crippen molar-refractivity contribution in [2.45, 2.75) is 4.90 Å². The predicted octanol–water partition coefficient (Wildman–Crippen LogP) is 2.86. The Labute approximate surface area is 155 Å². The zero-order chi connectivity index (χ0) is 17.4. The number of sulfonamides is 1. The van der Waals surface area contributed by atoms with Crippen LogP contribution in [0.15, 0.2) is 47.4 Å². The van der Waals surface area contributed by atoms with Crippen molar-refractivity contribution in [1.82, 2.24) is 13.1 Å². The molecule has 0 bridgehead atoms. The van der Waals surface area contributed by atoms with Gasteiger partial charge in [-0.3, -0.25) is 0 Å². The van der Waals surface area contributed by atoms with Gasteiger partial charge in [0.05, 0.1) is 11.7 Å². The molecule has 0 unspecified atom stereocenters. The Kier molecular flexibility index (Phi) is 4.36. The van der Waals surface area contributed by atoms with E-state index in [0.717, 1.165) is 17.4 Å². The van der Waals surface area contributed by atoms with Crippen LogP contribution in [0.3, 0.4) is 0 Å². The molecule has 1 fully saturated rings. The summed E-state index contributed by atoms with van der Waals surface area (Å²) in [6.07, 6.45) is 0. The molecule has 3 aromatic rings. The zero-order valence-electron chi connectivity index (χ0n) is 13.2. The highest BCUT2D eigenvalue weighted by atomic mass is 35.5. The Morgan fingerprint density at radius 2 is 1.76 bits per heavy atom. The Hall–Kier alpha value is -1.74. The van der Waals surface area contributed by atoms with Crippen molar-refractivity contribution in [2.75, 3.05) is 31.1 Å². The van der Waals surface area contributed by atoms with Crippen LogP contribution in [-0.4, -0.2) is 47.6 Å². The van der Waals surface area contributed by atoms with Gasteiger partial charge in [-0.25, -0.2) is 8.42 Å². The minimum atomic E-state index is -3.59. The third kappa shape index (κ3) is 3.10. The van der Waals surface area contributed by atoms with E-state index in [-0.39, 0.29) is 4.90 Å². The van der Waals surface area contributed by atoms with Crippen molar-refractivity contribution in [3.63, 3.8) is 0 Å². The first kappa shape index (κ1) is 16.7. The minimum absolute atomic E-state index is 0.231. The Morgan fingerprint density at radius 1 is 1.00 bits per heavy atom. The molecule has 1 aliphatic rings. The molecule has 2 aromatic carbocycles. The number of benzene rings is 2. The summed E-state index contributed by atoms with van der Waals surface area (Å²) in [6, 6.07) is 12.7. The van der Waals surface area contributed by atoms with Crippen LogP contribution >= 0.6 is 23.3 Å². The largest absolute Gasteiger partial charge is 0.369 e. The quantitative estimate of drug-likeness (QED) is 0.683. The predicted molar refractivity (Wildman–Crippen MR) is 99.8 cm³/mol. The molecule has 1 saturated heterocycles. The van der Waals surface area contributed by atoms with E-state index < -0.39 is 10.0 Å². The summed E-state index contributed by atoms with van der Waals surface area (Å²) in [5.74, 6) is 0. The highest BCUT2D eigenvalue weighted by Crippen LogP contribution is 2.26. The number of aromatic nitrogens is 2. The van der Waals surface area contributed by atoms with Crippen LogP contribution < -0.4 is 4.90 Å². The van der Waals surface area contributed by atoms with Gasteiger partial charge in [0.1, 0.15) is 15.9 Å². The van der Waals surface area contributed by atoms with E-state index in [1.165, 1.54) is 4.31 Å². The maximum Gasteiger partial charge on any atom is 0.245 e. The highest BCUT2D eigenvalue weighted by molar-refractivity contribution is 7.89. The topological polar surface area (TPSA) is 66.4 Å². The molecule has 9 heteroatoms. The van der Waals surface area contributed by atoms with Gasteiger partial charge in [0.25, 0.3) is 0 Å². The minimum Gasteiger partial charge on any atom is -0.369 e. The van der Waals surface area contributed by atoms with Gasteiger partial charge in [-0.1, -0.05) is 23.7 Å². The summed E-state index contributed by atoms with van der Waals surface area (Å²) >= 11 is 7.07. The molecule has 6 nitrogen and oxygen atoms in total. The summed E-state index contributed by atoms with van der Waals surface area (Å²) in [7, 11) is -3.59. The molecular weight excluding hydrogens is 380 g/mol. The van der Waals surface area contributed by atoms with Gasteiger partial charge >= 0.3 is 0 Å². The lowest BCUT2D eigenvalue weighted by molar-refractivity contribution is 0.385. The van der Waals surface area contributed by atoms with Crippen molar-refractivity contribution in [2.24, 2.45) is 0 Å². The Bertz CT molecular complexity index is 1010. The first-order chi connectivity index (χ1) is 12.1. The van der Waals surface area contributed by atoms with Crippen LogP contribution in [0.25, 0.3) is 11.0 Å². The fourth-order valence-corrected chi connectivity index (χ4v) is 5.35. The fourth-order valence-electron chi connectivity index (χ4n) is 2.99. The second-order valence-corrected chi connectivity index (χ2v) is 8.63. The molecule has 0 amide bonds. The van der Waals surface area contributed by atoms with Crippen LogP contribution in [0, 0.1) is 0 Å². The van der Waals surface area contributed by atoms with E-state index in [1.54, 1.807) is 18.2 Å². The second-order valence-electron chi connectivity index (χ2n) is 5.76. The summed E-state index contributed by atoms with van der Waals surface area (Å²) in [5.41, 5.74) is 2.07. The number of rotatable bonds is 3. The third-order valence-electron chi connectivity index (χ3n) is 4.28. The second kappa shape index (κ2) is 6.53. The maximum absolute atomic E-state index is 13.0. The third-order valence-corrected chi connectivity index (χ3v) is 6.99. The molecule has 25 heavy (non-hydrogen) atoms. The molecule has 4 rings (SSSR count). The van der Waals surface area contributed by atoms with E-state index in [9.17, 15) is 8.42 Å². The molecule has 0 radical (unpaired) electrons. The van der Waals surface area contributed by atoms with Gasteiger partial charge in [0.15, 0.2) is 0 Å². The number of fused-ring (bicyclic) bond motifs is 1. The van der Waals surface area contributed by atoms with Crippen molar-refractivity contribution in [3.8, 4) is 0 Å². The number of nitrogens with zero attached hydrogens (tertiary/aromatic N) is 4. The molecule has 1 aromatic heterocycles. The number of hydrogen-bond acceptors (Lipinski definition) is 6. The van der Waals surface area contributed by atoms with Crippen LogP contribution in [0.2, 0.25) is 5.02 Å². The molecule has 0 atom stereocenters. The number of hydrogen-bond donors (Lipinski definition) is 0. The van der Waals surface area contributed by atoms with E-state index in [1.807, 2.05) is 24.3 Å². The summed E-state index contributed by atoms with van der Waals surface area (Å²) in [4.78, 5) is 2.37. The van der Waals surface area contributed by atoms with Crippen LogP contribution in [0.4, 0.5) is 5.69 Å². The van der Waals surface area contributed by atoms with Crippen LogP contribution in [0.1, 0.15) is 0 Å². The number of halogens is 1. The SMILES string of the molecule is O=S(=O)(c1cccc2nsnc12)N1CCN(c2cccc(Cl)c2)CC1. The van der Waals surface area contributed by atoms with Crippen molar-refractivity contribution < 1.29 is 8.42 Å². The molecular formula is C16H15ClN4O2S2. The normalized spacial score (nSPS) is 16.4. The van der Waals surface area contributed by atoms with Gasteiger partial charge in [-0.05, 0) is 30.3 Å². The van der Waals surface area contributed by atoms with Crippen LogP contribution in [0.5, 0.6) is 0 Å². The molecule has 2 heterocycles. The van der Waals surface area contributed by atoms with Crippen LogP contribution in [-0.2, 0) is 10.0 Å². The molecule has 130 valence electrons. The summed E-state index contributed by atoms with van der Waals surface area (Å²) < 4.78 is 35.8. The monoisotopic (exact) mass is 394 g/mol. The smallest absolute Gasteiger partial charge is 0.245 e. The highest BCUT2D eigenvalue weighted by Gasteiger charge is 2.30. The average Bonchev–Trinajstić information content (AvgIpc) is 3.10. The van der Waals surface area contributed by atoms with Crippen molar-refractivity contribution in [1.29, 1.82) is 0 Å². The van der Waals surface area contributed by atoms with E-state index in [2.05, 4.69) is 13.6 Å². The molecule has 1 aliphatic heterocycles. The Morgan fingerprint density at radius 3 is 2.52 bits per heavy atom. The van der Waals surface area contributed by atoms with Gasteiger partial charge in [0.2, 0.25) is 10.0 Å². The number of piperazine rings is 1. The summed E-state index contributed by atoms with van der Waals surface area (Å²) in [5, 5.41) is 0.676. The molecule has 0 spiro atoms. The average molecular weight is 395 g/mol. The van der Waals surface area contributed by atoms with Gasteiger partial charge in [-0.15, -0.1) is 0 Å². The lowest BCUT2D eigenvalue weighted by Gasteiger charge is -2.35. The molecule has 0 N–H and O–H groups in total. The van der Waals surface area contributed by atoms with E-state index in [4.69, 9.17) is 11.6 Å². The van der Waals surface area contributed by atoms with E-state index >= 15 is 0 Å². The lowest BCUT2D eigenvalue weighted by atomic mass is 10.2.